The molecule has 0 rings (SSSR count). The molecule has 1 N–H and O–H groups in total. The average Bonchev–Trinajstić information content (AvgIpc) is 1.72. The summed E-state index contributed by atoms with van der Waals surface area (Å²) >= 11 is 5.34. The van der Waals surface area contributed by atoms with E-state index in [1.807, 2.05) is 13.0 Å². The van der Waals surface area contributed by atoms with Crippen LogP contribution in [-0.4, -0.2) is 17.6 Å². The van der Waals surface area contributed by atoms with Crippen LogP contribution in [0.5, 0.6) is 0 Å². The van der Waals surface area contributed by atoms with Crippen molar-refractivity contribution in [2.45, 2.75) is 6.92 Å². The van der Waals surface area contributed by atoms with Gasteiger partial charge in [-0.3, -0.25) is 0 Å². The molecule has 0 heterocycles. The van der Waals surface area contributed by atoms with Gasteiger partial charge in [-0.25, -0.2) is 0 Å². The van der Waals surface area contributed by atoms with Gasteiger partial charge >= 0.3 is 0 Å². The minimum atomic E-state index is 0.0833. The molecule has 0 aliphatic rings. The van der Waals surface area contributed by atoms with Crippen LogP contribution in [0.3, 0.4) is 0 Å². The lowest BCUT2D eigenvalue weighted by molar-refractivity contribution is 0.331. The van der Waals surface area contributed by atoms with Crippen LogP contribution in [0.25, 0.3) is 0 Å². The highest BCUT2D eigenvalue weighted by Gasteiger charge is 1.85. The first kappa shape index (κ1) is 6.99. The summed E-state index contributed by atoms with van der Waals surface area (Å²) in [4.78, 5) is 0. The van der Waals surface area contributed by atoms with E-state index in [-0.39, 0.29) is 6.61 Å². The third kappa shape index (κ3) is 2.66. The summed E-state index contributed by atoms with van der Waals surface area (Å²) in [7, 11) is 0. The SMILES string of the molecule is CC=C(CO)CCl. The molecule has 0 bridgehead atoms. The molecule has 2 heteroatoms. The van der Waals surface area contributed by atoms with E-state index >= 15 is 0 Å². The van der Waals surface area contributed by atoms with Gasteiger partial charge in [0.05, 0.1) is 6.61 Å². The normalized spacial score (nSPS) is 12.1. The van der Waals surface area contributed by atoms with Crippen molar-refractivity contribution in [1.82, 2.24) is 0 Å². The Bertz CT molecular complexity index is 62.5. The van der Waals surface area contributed by atoms with E-state index in [2.05, 4.69) is 0 Å². The number of hydrogen-bond acceptors (Lipinski definition) is 1. The molecule has 7 heavy (non-hydrogen) atoms. The number of aliphatic hydroxyl groups is 1. The maximum absolute atomic E-state index is 8.37. The number of allylic oxidation sites excluding steroid dienone is 1. The minimum absolute atomic E-state index is 0.0833. The number of aliphatic hydroxyl groups excluding tert-OH is 1. The van der Waals surface area contributed by atoms with E-state index in [0.717, 1.165) is 5.57 Å². The summed E-state index contributed by atoms with van der Waals surface area (Å²) in [5, 5.41) is 8.37. The Morgan fingerprint density at radius 3 is 2.43 bits per heavy atom. The zero-order valence-corrected chi connectivity index (χ0v) is 5.07. The summed E-state index contributed by atoms with van der Waals surface area (Å²) in [5.41, 5.74) is 0.877. The summed E-state index contributed by atoms with van der Waals surface area (Å²) in [6.45, 7) is 1.94. The van der Waals surface area contributed by atoms with E-state index in [0.29, 0.717) is 5.88 Å². The van der Waals surface area contributed by atoms with Crippen LogP contribution in [-0.2, 0) is 0 Å². The fourth-order valence-electron chi connectivity index (χ4n) is 0.211. The first-order valence-electron chi connectivity index (χ1n) is 2.16. The second-order valence-electron chi connectivity index (χ2n) is 1.24. The largest absolute Gasteiger partial charge is 0.392 e. The molecular weight excluding hydrogens is 112 g/mol. The molecule has 1 nitrogen and oxygen atoms in total. The van der Waals surface area contributed by atoms with Crippen LogP contribution in [0.4, 0.5) is 0 Å². The molecule has 0 fully saturated rings. The maximum Gasteiger partial charge on any atom is 0.0653 e. The van der Waals surface area contributed by atoms with Gasteiger partial charge in [0.15, 0.2) is 0 Å². The van der Waals surface area contributed by atoms with Gasteiger partial charge in [-0.2, -0.15) is 0 Å². The number of rotatable bonds is 2. The third-order valence-electron chi connectivity index (χ3n) is 0.783. The number of hydrogen-bond donors (Lipinski definition) is 1. The van der Waals surface area contributed by atoms with Crippen LogP contribution in [0.2, 0.25) is 0 Å². The van der Waals surface area contributed by atoms with Gasteiger partial charge in [0, 0.05) is 5.88 Å². The zero-order chi connectivity index (χ0) is 5.70. The van der Waals surface area contributed by atoms with Crippen LogP contribution in [0.15, 0.2) is 11.6 Å². The highest BCUT2D eigenvalue weighted by atomic mass is 35.5. The van der Waals surface area contributed by atoms with Crippen molar-refractivity contribution in [3.8, 4) is 0 Å². The van der Waals surface area contributed by atoms with Crippen LogP contribution < -0.4 is 0 Å². The van der Waals surface area contributed by atoms with E-state index < -0.39 is 0 Å². The lowest BCUT2D eigenvalue weighted by Gasteiger charge is -1.90. The summed E-state index contributed by atoms with van der Waals surface area (Å²) < 4.78 is 0. The third-order valence-corrected chi connectivity index (χ3v) is 1.13. The van der Waals surface area contributed by atoms with Crippen molar-refractivity contribution in [2.24, 2.45) is 0 Å². The monoisotopic (exact) mass is 120 g/mol. The first-order chi connectivity index (χ1) is 3.35. The van der Waals surface area contributed by atoms with Crippen molar-refractivity contribution < 1.29 is 5.11 Å². The topological polar surface area (TPSA) is 20.2 Å². The molecule has 0 aliphatic heterocycles. The Morgan fingerprint density at radius 2 is 2.43 bits per heavy atom. The first-order valence-corrected chi connectivity index (χ1v) is 2.69. The molecule has 0 aromatic heterocycles. The summed E-state index contributed by atoms with van der Waals surface area (Å²) in [6.07, 6.45) is 1.81. The van der Waals surface area contributed by atoms with Crippen molar-refractivity contribution >= 4 is 11.6 Å². The van der Waals surface area contributed by atoms with E-state index in [1.165, 1.54) is 0 Å². The Morgan fingerprint density at radius 1 is 1.86 bits per heavy atom. The maximum atomic E-state index is 8.37. The second-order valence-corrected chi connectivity index (χ2v) is 1.51. The molecular formula is C5H9ClO. The van der Waals surface area contributed by atoms with Crippen LogP contribution in [0, 0.1) is 0 Å². The van der Waals surface area contributed by atoms with Gasteiger partial charge in [-0.1, -0.05) is 6.08 Å². The Hall–Kier alpha value is -0.0100. The smallest absolute Gasteiger partial charge is 0.0653 e. The minimum Gasteiger partial charge on any atom is -0.392 e. The van der Waals surface area contributed by atoms with Gasteiger partial charge in [-0.15, -0.1) is 11.6 Å². The molecule has 0 aromatic rings. The molecule has 0 saturated heterocycles. The van der Waals surface area contributed by atoms with Crippen molar-refractivity contribution in [2.75, 3.05) is 12.5 Å². The lowest BCUT2D eigenvalue weighted by Crippen LogP contribution is -1.89. The van der Waals surface area contributed by atoms with Crippen molar-refractivity contribution in [3.05, 3.63) is 11.6 Å². The molecule has 0 amide bonds. The van der Waals surface area contributed by atoms with Crippen molar-refractivity contribution in [1.29, 1.82) is 0 Å². The van der Waals surface area contributed by atoms with E-state index in [4.69, 9.17) is 16.7 Å². The fourth-order valence-corrected chi connectivity index (χ4v) is 0.450. The Balaban J connectivity index is 3.38. The summed E-state index contributed by atoms with van der Waals surface area (Å²) in [6, 6.07) is 0. The van der Waals surface area contributed by atoms with Crippen LogP contribution in [0.1, 0.15) is 6.92 Å². The zero-order valence-electron chi connectivity index (χ0n) is 4.32. The number of halogens is 1. The molecule has 0 unspecified atom stereocenters. The summed E-state index contributed by atoms with van der Waals surface area (Å²) in [5.74, 6) is 0.438. The molecule has 0 spiro atoms. The average molecular weight is 121 g/mol. The quantitative estimate of drug-likeness (QED) is 0.429. The molecule has 0 radical (unpaired) electrons. The molecule has 0 aromatic carbocycles. The predicted octanol–water partition coefficient (Wildman–Crippen LogP) is 1.16. The van der Waals surface area contributed by atoms with Crippen molar-refractivity contribution in [3.63, 3.8) is 0 Å². The molecule has 0 aliphatic carbocycles. The van der Waals surface area contributed by atoms with Gasteiger partial charge < -0.3 is 5.11 Å². The van der Waals surface area contributed by atoms with Crippen LogP contribution >= 0.6 is 11.6 Å². The highest BCUT2D eigenvalue weighted by molar-refractivity contribution is 6.19. The highest BCUT2D eigenvalue weighted by Crippen LogP contribution is 1.93. The standard InChI is InChI=1S/C5H9ClO/c1-2-5(3-6)4-7/h2,7H,3-4H2,1H3. The van der Waals surface area contributed by atoms with E-state index in [1.54, 1.807) is 0 Å². The van der Waals surface area contributed by atoms with E-state index in [9.17, 15) is 0 Å². The van der Waals surface area contributed by atoms with Gasteiger partial charge in [0.2, 0.25) is 0 Å². The predicted molar refractivity (Wildman–Crippen MR) is 31.6 cm³/mol. The van der Waals surface area contributed by atoms with Gasteiger partial charge in [0.25, 0.3) is 0 Å². The molecule has 42 valence electrons. The Labute approximate surface area is 48.6 Å². The Kier molecular flexibility index (Phi) is 4.15. The van der Waals surface area contributed by atoms with Gasteiger partial charge in [0.1, 0.15) is 0 Å². The molecule has 0 atom stereocenters. The second kappa shape index (κ2) is 4.16. The molecule has 0 saturated carbocycles. The fraction of sp³-hybridized carbons (Fsp3) is 0.600. The van der Waals surface area contributed by atoms with Gasteiger partial charge in [-0.05, 0) is 12.5 Å². The lowest BCUT2D eigenvalue weighted by atomic mass is 10.3. The number of alkyl halides is 1.